The van der Waals surface area contributed by atoms with Crippen LogP contribution in [0.1, 0.15) is 29.0 Å². The Hall–Kier alpha value is -3.62. The van der Waals surface area contributed by atoms with Gasteiger partial charge in [0.05, 0.1) is 24.6 Å². The van der Waals surface area contributed by atoms with E-state index < -0.39 is 0 Å². The van der Waals surface area contributed by atoms with Crippen molar-refractivity contribution in [2.45, 2.75) is 19.3 Å². The standard InChI is InChI=1S/C21H23N5O4/c1-29-18-11-16(30-24-18)7-8-19(27)25-10-9-14(13-25)20(28)17-12-23-26(21(17)22)15-5-3-2-4-6-15/h2-6,11-12,14H,7-10,13,22H2,1H3. The topological polar surface area (TPSA) is 116 Å². The van der Waals surface area contributed by atoms with Gasteiger partial charge in [0, 0.05) is 37.9 Å². The highest BCUT2D eigenvalue weighted by atomic mass is 16.5. The number of benzene rings is 1. The molecule has 9 heteroatoms. The highest BCUT2D eigenvalue weighted by Crippen LogP contribution is 2.26. The van der Waals surface area contributed by atoms with Gasteiger partial charge in [0.15, 0.2) is 5.78 Å². The van der Waals surface area contributed by atoms with Crippen LogP contribution in [0, 0.1) is 5.92 Å². The first-order valence-electron chi connectivity index (χ1n) is 9.77. The number of para-hydroxylation sites is 1. The molecule has 0 spiro atoms. The molecule has 2 aromatic heterocycles. The lowest BCUT2D eigenvalue weighted by Crippen LogP contribution is -2.30. The number of likely N-dealkylation sites (tertiary alicyclic amines) is 1. The monoisotopic (exact) mass is 409 g/mol. The Morgan fingerprint density at radius 2 is 2.10 bits per heavy atom. The van der Waals surface area contributed by atoms with Crippen LogP contribution in [0.3, 0.4) is 0 Å². The summed E-state index contributed by atoms with van der Waals surface area (Å²) < 4.78 is 11.6. The summed E-state index contributed by atoms with van der Waals surface area (Å²) in [7, 11) is 1.50. The van der Waals surface area contributed by atoms with Crippen LogP contribution in [-0.4, -0.2) is 51.7 Å². The zero-order valence-corrected chi connectivity index (χ0v) is 16.7. The van der Waals surface area contributed by atoms with Gasteiger partial charge in [-0.25, -0.2) is 4.68 Å². The maximum atomic E-state index is 13.0. The SMILES string of the molecule is COc1cc(CCC(=O)N2CCC(C(=O)c3cnn(-c4ccccc4)c3N)C2)on1. The predicted octanol–water partition coefficient (Wildman–Crippen LogP) is 2.12. The van der Waals surface area contributed by atoms with Crippen molar-refractivity contribution in [2.24, 2.45) is 5.92 Å². The summed E-state index contributed by atoms with van der Waals surface area (Å²) in [5.41, 5.74) is 7.38. The summed E-state index contributed by atoms with van der Waals surface area (Å²) in [5.74, 6) is 0.912. The molecule has 0 saturated carbocycles. The number of nitrogens with two attached hydrogens (primary N) is 1. The zero-order valence-electron chi connectivity index (χ0n) is 16.7. The number of Topliss-reactive ketones (excluding diaryl/α,β-unsaturated/α-hetero) is 1. The molecule has 1 aromatic carbocycles. The van der Waals surface area contributed by atoms with Crippen molar-refractivity contribution in [3.8, 4) is 11.6 Å². The number of methoxy groups -OCH3 is 1. The number of hydrogen-bond donors (Lipinski definition) is 1. The third-order valence-corrected chi connectivity index (χ3v) is 5.32. The van der Waals surface area contributed by atoms with E-state index in [9.17, 15) is 9.59 Å². The second-order valence-electron chi connectivity index (χ2n) is 7.22. The fraction of sp³-hybridized carbons (Fsp3) is 0.333. The first-order chi connectivity index (χ1) is 14.6. The Labute approximate surface area is 173 Å². The van der Waals surface area contributed by atoms with E-state index in [1.807, 2.05) is 30.3 Å². The molecule has 4 rings (SSSR count). The van der Waals surface area contributed by atoms with Gasteiger partial charge in [-0.1, -0.05) is 18.2 Å². The van der Waals surface area contributed by atoms with Crippen molar-refractivity contribution in [1.82, 2.24) is 19.8 Å². The number of ketones is 1. The number of aromatic nitrogens is 3. The van der Waals surface area contributed by atoms with Crippen LogP contribution < -0.4 is 10.5 Å². The quantitative estimate of drug-likeness (QED) is 0.594. The smallest absolute Gasteiger partial charge is 0.254 e. The normalized spacial score (nSPS) is 16.0. The second kappa shape index (κ2) is 8.40. The Morgan fingerprint density at radius 1 is 1.30 bits per heavy atom. The number of anilines is 1. The molecule has 156 valence electrons. The molecule has 1 amide bonds. The van der Waals surface area contributed by atoms with Crippen LogP contribution >= 0.6 is 0 Å². The summed E-state index contributed by atoms with van der Waals surface area (Å²) in [6, 6.07) is 11.1. The number of hydrogen-bond acceptors (Lipinski definition) is 7. The van der Waals surface area contributed by atoms with Crippen LogP contribution in [0.15, 0.2) is 47.1 Å². The number of ether oxygens (including phenoxy) is 1. The molecular formula is C21H23N5O4. The molecule has 1 unspecified atom stereocenters. The van der Waals surface area contributed by atoms with E-state index in [2.05, 4.69) is 10.3 Å². The number of aryl methyl sites for hydroxylation is 1. The number of nitrogens with zero attached hydrogens (tertiary/aromatic N) is 4. The molecule has 3 heterocycles. The molecule has 1 aliphatic rings. The van der Waals surface area contributed by atoms with Crippen LogP contribution in [0.4, 0.5) is 5.82 Å². The van der Waals surface area contributed by atoms with Crippen molar-refractivity contribution < 1.29 is 18.8 Å². The lowest BCUT2D eigenvalue weighted by molar-refractivity contribution is -0.130. The fourth-order valence-electron chi connectivity index (χ4n) is 3.64. The summed E-state index contributed by atoms with van der Waals surface area (Å²) in [4.78, 5) is 27.2. The molecule has 0 radical (unpaired) electrons. The van der Waals surface area contributed by atoms with Gasteiger partial charge in [0.1, 0.15) is 11.6 Å². The van der Waals surface area contributed by atoms with Crippen LogP contribution in [-0.2, 0) is 11.2 Å². The van der Waals surface area contributed by atoms with Crippen molar-refractivity contribution in [1.29, 1.82) is 0 Å². The molecule has 1 aliphatic heterocycles. The molecule has 2 N–H and O–H groups in total. The first kappa shape index (κ1) is 19.7. The number of rotatable bonds is 7. The van der Waals surface area contributed by atoms with Crippen molar-refractivity contribution in [2.75, 3.05) is 25.9 Å². The number of carbonyl (C=O) groups excluding carboxylic acids is 2. The summed E-state index contributed by atoms with van der Waals surface area (Å²) in [6.07, 6.45) is 2.83. The summed E-state index contributed by atoms with van der Waals surface area (Å²) in [5, 5.41) is 7.99. The molecular weight excluding hydrogens is 386 g/mol. The molecule has 1 fully saturated rings. The fourth-order valence-corrected chi connectivity index (χ4v) is 3.64. The maximum Gasteiger partial charge on any atom is 0.254 e. The van der Waals surface area contributed by atoms with E-state index in [-0.39, 0.29) is 24.0 Å². The Kier molecular flexibility index (Phi) is 5.51. The van der Waals surface area contributed by atoms with Gasteiger partial charge in [-0.3, -0.25) is 9.59 Å². The number of carbonyl (C=O) groups is 2. The number of amides is 1. The lowest BCUT2D eigenvalue weighted by atomic mass is 9.98. The van der Waals surface area contributed by atoms with Crippen molar-refractivity contribution in [3.05, 3.63) is 53.9 Å². The summed E-state index contributed by atoms with van der Waals surface area (Å²) >= 11 is 0. The van der Waals surface area contributed by atoms with E-state index in [4.69, 9.17) is 15.0 Å². The van der Waals surface area contributed by atoms with Gasteiger partial charge in [-0.05, 0) is 23.7 Å². The average molecular weight is 409 g/mol. The van der Waals surface area contributed by atoms with E-state index >= 15 is 0 Å². The third kappa shape index (κ3) is 3.91. The highest BCUT2D eigenvalue weighted by Gasteiger charge is 2.33. The van der Waals surface area contributed by atoms with Crippen molar-refractivity contribution in [3.63, 3.8) is 0 Å². The number of nitrogen functional groups attached to an aromatic ring is 1. The summed E-state index contributed by atoms with van der Waals surface area (Å²) in [6.45, 7) is 0.926. The van der Waals surface area contributed by atoms with Gasteiger partial charge in [0.2, 0.25) is 5.91 Å². The highest BCUT2D eigenvalue weighted by molar-refractivity contribution is 6.02. The van der Waals surface area contributed by atoms with Gasteiger partial charge >= 0.3 is 0 Å². The molecule has 0 aliphatic carbocycles. The van der Waals surface area contributed by atoms with Crippen molar-refractivity contribution >= 4 is 17.5 Å². The molecule has 3 aromatic rings. The molecule has 0 bridgehead atoms. The van der Waals surface area contributed by atoms with Crippen LogP contribution in [0.25, 0.3) is 5.69 Å². The predicted molar refractivity (Wildman–Crippen MR) is 108 cm³/mol. The van der Waals surface area contributed by atoms with Gasteiger partial charge < -0.3 is 19.9 Å². The third-order valence-electron chi connectivity index (χ3n) is 5.32. The first-order valence-corrected chi connectivity index (χ1v) is 9.77. The largest absolute Gasteiger partial charge is 0.479 e. The molecule has 1 saturated heterocycles. The zero-order chi connectivity index (χ0) is 21.1. The minimum absolute atomic E-state index is 0.0198. The van der Waals surface area contributed by atoms with E-state index in [0.717, 1.165) is 5.69 Å². The van der Waals surface area contributed by atoms with Gasteiger partial charge in [0.25, 0.3) is 5.88 Å². The Bertz CT molecular complexity index is 1040. The maximum absolute atomic E-state index is 13.0. The average Bonchev–Trinajstić information content (AvgIpc) is 3.52. The van der Waals surface area contributed by atoms with Gasteiger partial charge in [-0.15, -0.1) is 0 Å². The van der Waals surface area contributed by atoms with Gasteiger partial charge in [-0.2, -0.15) is 5.10 Å². The lowest BCUT2D eigenvalue weighted by Gasteiger charge is -2.15. The van der Waals surface area contributed by atoms with Crippen LogP contribution in [0.5, 0.6) is 5.88 Å². The Balaban J connectivity index is 1.36. The molecule has 30 heavy (non-hydrogen) atoms. The minimum atomic E-state index is -0.282. The minimum Gasteiger partial charge on any atom is -0.479 e. The van der Waals surface area contributed by atoms with E-state index in [0.29, 0.717) is 49.0 Å². The molecule has 1 atom stereocenters. The molecule has 9 nitrogen and oxygen atoms in total. The Morgan fingerprint density at radius 3 is 2.83 bits per heavy atom. The van der Waals surface area contributed by atoms with Crippen LogP contribution in [0.2, 0.25) is 0 Å². The second-order valence-corrected chi connectivity index (χ2v) is 7.22. The van der Waals surface area contributed by atoms with E-state index in [1.165, 1.54) is 13.3 Å². The van der Waals surface area contributed by atoms with E-state index in [1.54, 1.807) is 15.6 Å².